The van der Waals surface area contributed by atoms with Crippen LogP contribution in [0.4, 0.5) is 0 Å². The molecule has 23 heavy (non-hydrogen) atoms. The summed E-state index contributed by atoms with van der Waals surface area (Å²) in [5, 5.41) is 7.64. The first kappa shape index (κ1) is 18.8. The van der Waals surface area contributed by atoms with Crippen LogP contribution >= 0.6 is 35.6 Å². The first-order chi connectivity index (χ1) is 10.7. The number of ether oxygens (including phenoxy) is 1. The quantitative estimate of drug-likeness (QED) is 0.412. The van der Waals surface area contributed by atoms with E-state index in [2.05, 4.69) is 34.7 Å². The molecule has 1 aromatic rings. The van der Waals surface area contributed by atoms with Crippen LogP contribution in [-0.4, -0.2) is 37.3 Å². The minimum atomic E-state index is 0. The van der Waals surface area contributed by atoms with Gasteiger partial charge in [0.15, 0.2) is 5.96 Å². The Morgan fingerprint density at radius 1 is 1.30 bits per heavy atom. The summed E-state index contributed by atoms with van der Waals surface area (Å²) in [6.45, 7) is 3.72. The molecular weight excluding hydrogens is 425 g/mol. The van der Waals surface area contributed by atoms with Gasteiger partial charge in [0.05, 0.1) is 18.2 Å². The van der Waals surface area contributed by atoms with E-state index in [9.17, 15) is 0 Å². The van der Waals surface area contributed by atoms with Crippen LogP contribution in [0, 0.1) is 0 Å². The van der Waals surface area contributed by atoms with Gasteiger partial charge in [0.2, 0.25) is 0 Å². The van der Waals surface area contributed by atoms with E-state index in [-0.39, 0.29) is 24.0 Å². The zero-order chi connectivity index (χ0) is 15.4. The van der Waals surface area contributed by atoms with E-state index in [0.717, 1.165) is 36.9 Å². The Morgan fingerprint density at radius 2 is 2.09 bits per heavy atom. The molecule has 4 nitrogen and oxygen atoms in total. The smallest absolute Gasteiger partial charge is 0.191 e. The van der Waals surface area contributed by atoms with Crippen LogP contribution in [0.5, 0.6) is 0 Å². The van der Waals surface area contributed by atoms with E-state index in [4.69, 9.17) is 16.3 Å². The highest BCUT2D eigenvalue weighted by molar-refractivity contribution is 14.0. The molecule has 6 heteroatoms. The predicted octanol–water partition coefficient (Wildman–Crippen LogP) is 3.38. The second kappa shape index (κ2) is 9.08. The monoisotopic (exact) mass is 449 g/mol. The van der Waals surface area contributed by atoms with E-state index in [1.807, 2.05) is 12.1 Å². The molecule has 0 aliphatic carbocycles. The van der Waals surface area contributed by atoms with Crippen LogP contribution < -0.4 is 10.6 Å². The van der Waals surface area contributed by atoms with Gasteiger partial charge in [-0.15, -0.1) is 24.0 Å². The summed E-state index contributed by atoms with van der Waals surface area (Å²) in [5.41, 5.74) is 1.26. The average molecular weight is 450 g/mol. The number of nitrogens with one attached hydrogen (secondary N) is 2. The van der Waals surface area contributed by atoms with Crippen LogP contribution in [0.25, 0.3) is 0 Å². The molecule has 2 bridgehead atoms. The van der Waals surface area contributed by atoms with Gasteiger partial charge in [-0.25, -0.2) is 0 Å². The molecule has 0 radical (unpaired) electrons. The molecular formula is C17H25ClIN3O. The van der Waals surface area contributed by atoms with Gasteiger partial charge in [0.1, 0.15) is 0 Å². The highest BCUT2D eigenvalue weighted by Crippen LogP contribution is 2.34. The van der Waals surface area contributed by atoms with Crippen LogP contribution in [0.2, 0.25) is 5.02 Å². The Hall–Kier alpha value is -0.530. The van der Waals surface area contributed by atoms with Crippen LogP contribution in [0.1, 0.15) is 31.7 Å². The molecule has 2 aliphatic rings. The van der Waals surface area contributed by atoms with Crippen molar-refractivity contribution in [1.82, 2.24) is 10.6 Å². The number of guanidine groups is 1. The fourth-order valence-corrected chi connectivity index (χ4v) is 3.36. The predicted molar refractivity (Wildman–Crippen MR) is 106 cm³/mol. The summed E-state index contributed by atoms with van der Waals surface area (Å²) in [7, 11) is 0. The van der Waals surface area contributed by atoms with Crippen molar-refractivity contribution >= 4 is 41.5 Å². The second-order valence-corrected chi connectivity index (χ2v) is 6.43. The molecule has 1 aromatic carbocycles. The fourth-order valence-electron chi connectivity index (χ4n) is 3.23. The Labute approximate surface area is 160 Å². The number of halogens is 2. The number of hydrogen-bond acceptors (Lipinski definition) is 2. The summed E-state index contributed by atoms with van der Waals surface area (Å²) in [6, 6.07) is 8.38. The van der Waals surface area contributed by atoms with Crippen molar-refractivity contribution in [3.8, 4) is 0 Å². The van der Waals surface area contributed by atoms with Crippen molar-refractivity contribution < 1.29 is 4.74 Å². The summed E-state index contributed by atoms with van der Waals surface area (Å²) in [5.74, 6) is 0.901. The van der Waals surface area contributed by atoms with Gasteiger partial charge in [0.25, 0.3) is 0 Å². The number of hydrogen-bond donors (Lipinski definition) is 2. The lowest BCUT2D eigenvalue weighted by Gasteiger charge is -2.22. The zero-order valence-electron chi connectivity index (χ0n) is 13.4. The van der Waals surface area contributed by atoms with Crippen molar-refractivity contribution in [2.75, 3.05) is 13.1 Å². The largest absolute Gasteiger partial charge is 0.373 e. The molecule has 2 N–H and O–H groups in total. The van der Waals surface area contributed by atoms with Gasteiger partial charge in [-0.3, -0.25) is 4.99 Å². The second-order valence-electron chi connectivity index (χ2n) is 6.00. The molecule has 3 unspecified atom stereocenters. The lowest BCUT2D eigenvalue weighted by atomic mass is 9.96. The molecule has 3 atom stereocenters. The zero-order valence-corrected chi connectivity index (χ0v) is 16.5. The Kier molecular flexibility index (Phi) is 7.43. The van der Waals surface area contributed by atoms with E-state index < -0.39 is 0 Å². The Morgan fingerprint density at radius 3 is 2.70 bits per heavy atom. The molecule has 0 saturated carbocycles. The molecule has 2 fully saturated rings. The maximum Gasteiger partial charge on any atom is 0.191 e. The summed E-state index contributed by atoms with van der Waals surface area (Å²) < 4.78 is 5.89. The average Bonchev–Trinajstić information content (AvgIpc) is 3.12. The molecule has 0 aromatic heterocycles. The van der Waals surface area contributed by atoms with Crippen molar-refractivity contribution in [2.24, 2.45) is 4.99 Å². The van der Waals surface area contributed by atoms with E-state index in [0.29, 0.717) is 18.2 Å². The summed E-state index contributed by atoms with van der Waals surface area (Å²) >= 11 is 5.90. The normalized spacial score (nSPS) is 26.0. The molecule has 0 spiro atoms. The molecule has 128 valence electrons. The van der Waals surface area contributed by atoms with Gasteiger partial charge in [-0.1, -0.05) is 23.7 Å². The molecule has 2 aliphatic heterocycles. The number of benzene rings is 1. The minimum absolute atomic E-state index is 0. The minimum Gasteiger partial charge on any atom is -0.373 e. The highest BCUT2D eigenvalue weighted by atomic mass is 127. The van der Waals surface area contributed by atoms with Gasteiger partial charge in [-0.2, -0.15) is 0 Å². The van der Waals surface area contributed by atoms with Crippen LogP contribution in [0.3, 0.4) is 0 Å². The van der Waals surface area contributed by atoms with Crippen molar-refractivity contribution in [3.63, 3.8) is 0 Å². The third-order valence-electron chi connectivity index (χ3n) is 4.36. The van der Waals surface area contributed by atoms with Crippen LogP contribution in [0.15, 0.2) is 29.3 Å². The molecule has 2 heterocycles. The van der Waals surface area contributed by atoms with Crippen molar-refractivity contribution in [3.05, 3.63) is 34.9 Å². The maximum atomic E-state index is 5.90. The first-order valence-corrected chi connectivity index (χ1v) is 8.57. The van der Waals surface area contributed by atoms with E-state index >= 15 is 0 Å². The number of rotatable bonds is 5. The third kappa shape index (κ3) is 5.22. The Bertz CT molecular complexity index is 523. The summed E-state index contributed by atoms with van der Waals surface area (Å²) in [4.78, 5) is 4.68. The van der Waals surface area contributed by atoms with E-state index in [1.165, 1.54) is 18.4 Å². The van der Waals surface area contributed by atoms with Crippen LogP contribution in [-0.2, 0) is 11.2 Å². The number of aliphatic imine (C=N–C) groups is 1. The van der Waals surface area contributed by atoms with Gasteiger partial charge in [-0.05, 0) is 50.3 Å². The van der Waals surface area contributed by atoms with Gasteiger partial charge < -0.3 is 15.4 Å². The maximum absolute atomic E-state index is 5.90. The standard InChI is InChI=1S/C17H24ClN3O.HI/c1-2-19-17(21-15-11-14-7-8-16(15)22-14)20-10-9-12-3-5-13(18)6-4-12;/h3-6,14-16H,2,7-11H2,1H3,(H2,19,20,21);1H. The summed E-state index contributed by atoms with van der Waals surface area (Å²) in [6.07, 6.45) is 5.23. The Balaban J connectivity index is 0.00000192. The molecule has 3 rings (SSSR count). The van der Waals surface area contributed by atoms with E-state index in [1.54, 1.807) is 0 Å². The fraction of sp³-hybridized carbons (Fsp3) is 0.588. The van der Waals surface area contributed by atoms with Gasteiger partial charge in [0, 0.05) is 18.1 Å². The van der Waals surface area contributed by atoms with Crippen molar-refractivity contribution in [2.45, 2.75) is 50.9 Å². The first-order valence-electron chi connectivity index (χ1n) is 8.19. The lowest BCUT2D eigenvalue weighted by Crippen LogP contribution is -2.47. The SMILES string of the molecule is CCNC(=NCCc1ccc(Cl)cc1)NC1CC2CCC1O2.I. The number of nitrogens with zero attached hydrogens (tertiary/aromatic N) is 1. The lowest BCUT2D eigenvalue weighted by molar-refractivity contribution is 0.0992. The van der Waals surface area contributed by atoms with Crippen molar-refractivity contribution in [1.29, 1.82) is 0 Å². The molecule has 0 amide bonds. The van der Waals surface area contributed by atoms with Gasteiger partial charge >= 0.3 is 0 Å². The third-order valence-corrected chi connectivity index (χ3v) is 4.61. The number of fused-ring (bicyclic) bond motifs is 2. The highest BCUT2D eigenvalue weighted by Gasteiger charge is 2.41. The topological polar surface area (TPSA) is 45.7 Å². The molecule has 2 saturated heterocycles.